The first kappa shape index (κ1) is 15.5. The molecule has 0 saturated carbocycles. The molecule has 1 aliphatic rings. The van der Waals surface area contributed by atoms with E-state index in [0.717, 1.165) is 25.1 Å². The molecule has 1 amide bonds. The van der Waals surface area contributed by atoms with Crippen LogP contribution in [0, 0.1) is 0 Å². The highest BCUT2D eigenvalue weighted by Gasteiger charge is 2.23. The summed E-state index contributed by atoms with van der Waals surface area (Å²) in [4.78, 5) is 24.8. The van der Waals surface area contributed by atoms with Crippen LogP contribution in [0.15, 0.2) is 24.3 Å². The van der Waals surface area contributed by atoms with E-state index in [-0.39, 0.29) is 12.3 Å². The molecule has 0 aliphatic carbocycles. The number of carboxylic acids is 1. The van der Waals surface area contributed by atoms with Crippen LogP contribution in [0.3, 0.4) is 0 Å². The number of carboxylic acid groups (broad SMARTS) is 1. The van der Waals surface area contributed by atoms with Gasteiger partial charge in [-0.1, -0.05) is 25.1 Å². The Bertz CT molecular complexity index is 513. The number of carbonyl (C=O) groups excluding carboxylic acids is 1. The van der Waals surface area contributed by atoms with Crippen molar-refractivity contribution >= 4 is 17.6 Å². The first-order valence-corrected chi connectivity index (χ1v) is 7.70. The van der Waals surface area contributed by atoms with E-state index in [1.165, 1.54) is 5.56 Å². The number of fused-ring (bicyclic) bond motifs is 1. The zero-order valence-electron chi connectivity index (χ0n) is 12.5. The van der Waals surface area contributed by atoms with Crippen LogP contribution in [0.4, 0.5) is 5.69 Å². The lowest BCUT2D eigenvalue weighted by molar-refractivity contribution is -0.137. The second kappa shape index (κ2) is 7.25. The van der Waals surface area contributed by atoms with E-state index in [2.05, 4.69) is 13.0 Å². The summed E-state index contributed by atoms with van der Waals surface area (Å²) in [5, 5.41) is 8.63. The third-order valence-corrected chi connectivity index (χ3v) is 4.11. The second-order valence-corrected chi connectivity index (χ2v) is 5.75. The predicted molar refractivity (Wildman–Crippen MR) is 82.5 cm³/mol. The molecular weight excluding hydrogens is 266 g/mol. The van der Waals surface area contributed by atoms with Crippen LogP contribution in [0.5, 0.6) is 0 Å². The summed E-state index contributed by atoms with van der Waals surface area (Å²) in [6.07, 6.45) is 3.87. The molecule has 0 radical (unpaired) electrons. The zero-order valence-corrected chi connectivity index (χ0v) is 12.5. The average Bonchev–Trinajstić information content (AvgIpc) is 2.63. The lowest BCUT2D eigenvalue weighted by atomic mass is 9.96. The number of hydrogen-bond acceptors (Lipinski definition) is 2. The van der Waals surface area contributed by atoms with E-state index in [4.69, 9.17) is 5.11 Å². The van der Waals surface area contributed by atoms with Crippen LogP contribution in [0.1, 0.15) is 56.9 Å². The molecule has 1 aromatic carbocycles. The Balaban J connectivity index is 2.03. The summed E-state index contributed by atoms with van der Waals surface area (Å²) in [6, 6.07) is 8.13. The lowest BCUT2D eigenvalue weighted by Gasteiger charge is -2.23. The van der Waals surface area contributed by atoms with Crippen molar-refractivity contribution in [1.82, 2.24) is 0 Å². The molecule has 4 heteroatoms. The first-order valence-electron chi connectivity index (χ1n) is 7.70. The van der Waals surface area contributed by atoms with Crippen LogP contribution in [0.2, 0.25) is 0 Å². The van der Waals surface area contributed by atoms with Crippen LogP contribution in [0.25, 0.3) is 0 Å². The number of unbranched alkanes of at least 4 members (excludes halogenated alkanes) is 1. The molecule has 1 atom stereocenters. The number of hydrogen-bond donors (Lipinski definition) is 1. The molecule has 1 aliphatic heterocycles. The fraction of sp³-hybridized carbons (Fsp3) is 0.529. The summed E-state index contributed by atoms with van der Waals surface area (Å²) in [5.74, 6) is -0.204. The van der Waals surface area contributed by atoms with Gasteiger partial charge in [0.15, 0.2) is 0 Å². The number of amides is 1. The smallest absolute Gasteiger partial charge is 0.303 e. The molecule has 1 heterocycles. The van der Waals surface area contributed by atoms with Gasteiger partial charge in [0, 0.05) is 25.1 Å². The number of rotatable bonds is 5. The average molecular weight is 289 g/mol. The third kappa shape index (κ3) is 4.06. The number of anilines is 1. The molecule has 114 valence electrons. The van der Waals surface area contributed by atoms with E-state index in [0.29, 0.717) is 25.2 Å². The van der Waals surface area contributed by atoms with Gasteiger partial charge in [0.2, 0.25) is 5.91 Å². The van der Waals surface area contributed by atoms with Crippen LogP contribution in [-0.4, -0.2) is 23.5 Å². The molecule has 0 aromatic heterocycles. The van der Waals surface area contributed by atoms with Crippen molar-refractivity contribution in [3.63, 3.8) is 0 Å². The van der Waals surface area contributed by atoms with E-state index in [1.807, 2.05) is 23.1 Å². The van der Waals surface area contributed by atoms with Crippen LogP contribution in [-0.2, 0) is 9.59 Å². The van der Waals surface area contributed by atoms with E-state index in [1.54, 1.807) is 0 Å². The molecule has 1 N–H and O–H groups in total. The van der Waals surface area contributed by atoms with Gasteiger partial charge in [-0.3, -0.25) is 9.59 Å². The van der Waals surface area contributed by atoms with Gasteiger partial charge >= 0.3 is 5.97 Å². The van der Waals surface area contributed by atoms with Crippen molar-refractivity contribution in [2.24, 2.45) is 0 Å². The number of para-hydroxylation sites is 1. The van der Waals surface area contributed by atoms with Crippen LogP contribution >= 0.6 is 0 Å². The van der Waals surface area contributed by atoms with Crippen molar-refractivity contribution in [3.05, 3.63) is 29.8 Å². The topological polar surface area (TPSA) is 57.6 Å². The molecule has 2 rings (SSSR count). The van der Waals surface area contributed by atoms with Gasteiger partial charge in [-0.05, 0) is 43.2 Å². The van der Waals surface area contributed by atoms with E-state index >= 15 is 0 Å². The van der Waals surface area contributed by atoms with Gasteiger partial charge < -0.3 is 10.0 Å². The summed E-state index contributed by atoms with van der Waals surface area (Å²) < 4.78 is 0. The van der Waals surface area contributed by atoms with E-state index < -0.39 is 5.97 Å². The quantitative estimate of drug-likeness (QED) is 0.843. The number of benzene rings is 1. The zero-order chi connectivity index (χ0) is 15.2. The molecule has 1 unspecified atom stereocenters. The Hall–Kier alpha value is -1.84. The maximum absolute atomic E-state index is 12.4. The highest BCUT2D eigenvalue weighted by atomic mass is 16.4. The van der Waals surface area contributed by atoms with Gasteiger partial charge in [-0.2, -0.15) is 0 Å². The number of aliphatic carboxylic acids is 1. The number of nitrogens with zero attached hydrogens (tertiary/aromatic N) is 1. The van der Waals surface area contributed by atoms with Gasteiger partial charge in [-0.25, -0.2) is 0 Å². The maximum Gasteiger partial charge on any atom is 0.303 e. The fourth-order valence-corrected chi connectivity index (χ4v) is 2.93. The Morgan fingerprint density at radius 3 is 2.71 bits per heavy atom. The van der Waals surface area contributed by atoms with Crippen molar-refractivity contribution in [2.45, 2.75) is 51.4 Å². The molecule has 0 fully saturated rings. The highest BCUT2D eigenvalue weighted by molar-refractivity contribution is 5.94. The maximum atomic E-state index is 12.4. The Labute approximate surface area is 125 Å². The molecular formula is C17H23NO3. The summed E-state index contributed by atoms with van der Waals surface area (Å²) in [7, 11) is 0. The Morgan fingerprint density at radius 1 is 1.24 bits per heavy atom. The molecule has 0 spiro atoms. The lowest BCUT2D eigenvalue weighted by Crippen LogP contribution is -2.31. The van der Waals surface area contributed by atoms with Crippen molar-refractivity contribution in [3.8, 4) is 0 Å². The number of carbonyl (C=O) groups is 2. The molecule has 0 saturated heterocycles. The summed E-state index contributed by atoms with van der Waals surface area (Å²) >= 11 is 0. The Kier molecular flexibility index (Phi) is 5.37. The minimum atomic E-state index is -0.795. The van der Waals surface area contributed by atoms with Gasteiger partial charge in [0.05, 0.1) is 0 Å². The van der Waals surface area contributed by atoms with Gasteiger partial charge in [-0.15, -0.1) is 0 Å². The molecule has 4 nitrogen and oxygen atoms in total. The summed E-state index contributed by atoms with van der Waals surface area (Å²) in [5.41, 5.74) is 2.28. The standard InChI is InChI=1S/C17H23NO3/c1-13-7-6-12-18(15-9-3-2-8-14(13)15)16(19)10-4-5-11-17(20)21/h2-3,8-9,13H,4-7,10-12H2,1H3,(H,20,21). The SMILES string of the molecule is CC1CCCN(C(=O)CCCCC(=O)O)c2ccccc21. The van der Waals surface area contributed by atoms with E-state index in [9.17, 15) is 9.59 Å². The minimum Gasteiger partial charge on any atom is -0.481 e. The largest absolute Gasteiger partial charge is 0.481 e. The minimum absolute atomic E-state index is 0.113. The van der Waals surface area contributed by atoms with Gasteiger partial charge in [0.25, 0.3) is 0 Å². The Morgan fingerprint density at radius 2 is 1.95 bits per heavy atom. The van der Waals surface area contributed by atoms with Gasteiger partial charge in [0.1, 0.15) is 0 Å². The third-order valence-electron chi connectivity index (χ3n) is 4.11. The summed E-state index contributed by atoms with van der Waals surface area (Å²) in [6.45, 7) is 2.97. The molecule has 21 heavy (non-hydrogen) atoms. The second-order valence-electron chi connectivity index (χ2n) is 5.75. The fourth-order valence-electron chi connectivity index (χ4n) is 2.93. The molecule has 0 bridgehead atoms. The van der Waals surface area contributed by atoms with Crippen molar-refractivity contribution < 1.29 is 14.7 Å². The molecule has 1 aromatic rings. The normalized spacial score (nSPS) is 18.0. The van der Waals surface area contributed by atoms with Crippen molar-refractivity contribution in [1.29, 1.82) is 0 Å². The monoisotopic (exact) mass is 289 g/mol. The predicted octanol–water partition coefficient (Wildman–Crippen LogP) is 3.56. The van der Waals surface area contributed by atoms with Crippen LogP contribution < -0.4 is 4.90 Å². The van der Waals surface area contributed by atoms with Crippen molar-refractivity contribution in [2.75, 3.05) is 11.4 Å². The first-order chi connectivity index (χ1) is 10.1. The highest BCUT2D eigenvalue weighted by Crippen LogP contribution is 2.34.